The number of ether oxygens (including phenoxy) is 1. The summed E-state index contributed by atoms with van der Waals surface area (Å²) in [6.45, 7) is 5.20. The normalized spacial score (nSPS) is 11.5. The highest BCUT2D eigenvalue weighted by molar-refractivity contribution is 14.0. The molecule has 31 heavy (non-hydrogen) atoms. The first-order valence-corrected chi connectivity index (χ1v) is 10.4. The first-order valence-electron chi connectivity index (χ1n) is 10.4. The maximum atomic E-state index is 5.82. The van der Waals surface area contributed by atoms with Crippen LogP contribution in [0.4, 0.5) is 0 Å². The van der Waals surface area contributed by atoms with Crippen molar-refractivity contribution in [2.75, 3.05) is 40.8 Å². The molecule has 3 aromatic rings. The van der Waals surface area contributed by atoms with Gasteiger partial charge in [-0.3, -0.25) is 4.99 Å². The number of nitrogens with zero attached hydrogens (tertiary/aromatic N) is 2. The number of guanidine groups is 1. The Morgan fingerprint density at radius 2 is 1.97 bits per heavy atom. The number of aromatic amines is 1. The zero-order valence-corrected chi connectivity index (χ0v) is 21.2. The van der Waals surface area contributed by atoms with Crippen LogP contribution in [0, 0.1) is 6.92 Å². The number of aryl methyl sites for hydroxylation is 1. The molecule has 6 nitrogen and oxygen atoms in total. The van der Waals surface area contributed by atoms with E-state index in [-0.39, 0.29) is 24.0 Å². The first-order chi connectivity index (χ1) is 14.5. The Bertz CT molecular complexity index is 983. The summed E-state index contributed by atoms with van der Waals surface area (Å²) in [6.07, 6.45) is 3.03. The number of nitrogens with one attached hydrogen (secondary N) is 3. The fourth-order valence-corrected chi connectivity index (χ4v) is 3.32. The molecule has 7 heteroatoms. The maximum absolute atomic E-state index is 5.82. The minimum atomic E-state index is 0. The molecule has 0 saturated heterocycles. The maximum Gasteiger partial charge on any atom is 0.191 e. The first kappa shape index (κ1) is 25.0. The van der Waals surface area contributed by atoms with Crippen LogP contribution >= 0.6 is 24.0 Å². The highest BCUT2D eigenvalue weighted by atomic mass is 127. The SMILES string of the molecule is CN=C(NCCc1c[nH]c2cc(C)ccc12)NCc1cccc(OCCN(C)C)c1.I. The molecule has 1 heterocycles. The molecule has 0 fully saturated rings. The molecule has 3 rings (SSSR count). The van der Waals surface area contributed by atoms with Crippen LogP contribution in [0.15, 0.2) is 53.7 Å². The summed E-state index contributed by atoms with van der Waals surface area (Å²) in [5, 5.41) is 8.07. The van der Waals surface area contributed by atoms with Crippen LogP contribution in [-0.4, -0.2) is 56.7 Å². The summed E-state index contributed by atoms with van der Waals surface area (Å²) in [6, 6.07) is 14.7. The molecule has 2 aromatic carbocycles. The molecule has 0 aliphatic heterocycles. The van der Waals surface area contributed by atoms with Crippen molar-refractivity contribution < 1.29 is 4.74 Å². The Hall–Kier alpha value is -2.26. The van der Waals surface area contributed by atoms with E-state index < -0.39 is 0 Å². The fourth-order valence-electron chi connectivity index (χ4n) is 3.32. The third kappa shape index (κ3) is 7.74. The van der Waals surface area contributed by atoms with Crippen molar-refractivity contribution in [3.63, 3.8) is 0 Å². The summed E-state index contributed by atoms with van der Waals surface area (Å²) in [5.74, 6) is 1.69. The number of likely N-dealkylation sites (N-methyl/N-ethyl adjacent to an activating group) is 1. The number of benzene rings is 2. The van der Waals surface area contributed by atoms with Crippen molar-refractivity contribution in [1.29, 1.82) is 0 Å². The van der Waals surface area contributed by atoms with Gasteiger partial charge in [0.05, 0.1) is 0 Å². The van der Waals surface area contributed by atoms with Crippen molar-refractivity contribution in [3.8, 4) is 5.75 Å². The number of aromatic nitrogens is 1. The number of H-pyrrole nitrogens is 1. The Kier molecular flexibility index (Phi) is 10.1. The van der Waals surface area contributed by atoms with Crippen molar-refractivity contribution in [2.45, 2.75) is 19.9 Å². The Balaban J connectivity index is 0.00000341. The van der Waals surface area contributed by atoms with Crippen LogP contribution in [0.1, 0.15) is 16.7 Å². The van der Waals surface area contributed by atoms with E-state index in [1.54, 1.807) is 7.05 Å². The lowest BCUT2D eigenvalue weighted by Crippen LogP contribution is -2.37. The number of rotatable bonds is 9. The van der Waals surface area contributed by atoms with Gasteiger partial charge in [0.15, 0.2) is 5.96 Å². The lowest BCUT2D eigenvalue weighted by atomic mass is 10.1. The zero-order chi connectivity index (χ0) is 21.3. The smallest absolute Gasteiger partial charge is 0.191 e. The van der Waals surface area contributed by atoms with E-state index in [2.05, 4.69) is 69.0 Å². The fraction of sp³-hybridized carbons (Fsp3) is 0.375. The number of hydrogen-bond acceptors (Lipinski definition) is 3. The molecule has 0 amide bonds. The molecule has 3 N–H and O–H groups in total. The molecule has 0 radical (unpaired) electrons. The molecule has 0 aliphatic carbocycles. The van der Waals surface area contributed by atoms with Crippen LogP contribution in [-0.2, 0) is 13.0 Å². The van der Waals surface area contributed by atoms with Crippen LogP contribution in [0.2, 0.25) is 0 Å². The highest BCUT2D eigenvalue weighted by Crippen LogP contribution is 2.19. The minimum Gasteiger partial charge on any atom is -0.492 e. The molecular formula is C24H34IN5O. The second-order valence-corrected chi connectivity index (χ2v) is 7.76. The predicted octanol–water partition coefficient (Wildman–Crippen LogP) is 3.94. The van der Waals surface area contributed by atoms with Crippen molar-refractivity contribution in [2.24, 2.45) is 4.99 Å². The van der Waals surface area contributed by atoms with E-state index in [1.807, 2.05) is 26.2 Å². The summed E-state index contributed by atoms with van der Waals surface area (Å²) < 4.78 is 5.82. The van der Waals surface area contributed by atoms with Gasteiger partial charge in [0.25, 0.3) is 0 Å². The summed E-state index contributed by atoms with van der Waals surface area (Å²) >= 11 is 0. The van der Waals surface area contributed by atoms with Gasteiger partial charge in [-0.05, 0) is 62.3 Å². The molecule has 0 spiro atoms. The molecule has 0 atom stereocenters. The van der Waals surface area contributed by atoms with Crippen molar-refractivity contribution >= 4 is 40.8 Å². The van der Waals surface area contributed by atoms with Gasteiger partial charge in [-0.1, -0.05) is 24.3 Å². The molecule has 0 bridgehead atoms. The minimum absolute atomic E-state index is 0. The standard InChI is InChI=1S/C24H33N5O.HI/c1-18-8-9-22-20(17-27-23(22)14-18)10-11-26-24(25-2)28-16-19-6-5-7-21(15-19)30-13-12-29(3)4;/h5-9,14-15,17,27H,10-13,16H2,1-4H3,(H2,25,26,28);1H. The Morgan fingerprint density at radius 1 is 1.13 bits per heavy atom. The number of halogens is 1. The molecule has 168 valence electrons. The van der Waals surface area contributed by atoms with Gasteiger partial charge in [0, 0.05) is 43.8 Å². The van der Waals surface area contributed by atoms with Crippen LogP contribution in [0.3, 0.4) is 0 Å². The monoisotopic (exact) mass is 535 g/mol. The average molecular weight is 535 g/mol. The Labute approximate surface area is 202 Å². The third-order valence-corrected chi connectivity index (χ3v) is 5.00. The number of hydrogen-bond donors (Lipinski definition) is 3. The second-order valence-electron chi connectivity index (χ2n) is 7.76. The molecule has 0 aliphatic rings. The van der Waals surface area contributed by atoms with Gasteiger partial charge in [0.1, 0.15) is 12.4 Å². The summed E-state index contributed by atoms with van der Waals surface area (Å²) in [7, 11) is 5.88. The third-order valence-electron chi connectivity index (χ3n) is 5.00. The van der Waals surface area contributed by atoms with Crippen LogP contribution in [0.25, 0.3) is 10.9 Å². The largest absolute Gasteiger partial charge is 0.492 e. The van der Waals surface area contributed by atoms with E-state index >= 15 is 0 Å². The number of aliphatic imine (C=N–C) groups is 1. The van der Waals surface area contributed by atoms with Gasteiger partial charge >= 0.3 is 0 Å². The van der Waals surface area contributed by atoms with E-state index in [0.717, 1.165) is 36.8 Å². The van der Waals surface area contributed by atoms with Gasteiger partial charge in [0.2, 0.25) is 0 Å². The van der Waals surface area contributed by atoms with Gasteiger partial charge in [-0.25, -0.2) is 0 Å². The quantitative estimate of drug-likeness (QED) is 0.221. The van der Waals surface area contributed by atoms with Gasteiger partial charge in [-0.15, -0.1) is 24.0 Å². The molecule has 0 unspecified atom stereocenters. The van der Waals surface area contributed by atoms with E-state index in [1.165, 1.54) is 22.0 Å². The topological polar surface area (TPSA) is 64.7 Å². The second kappa shape index (κ2) is 12.6. The average Bonchev–Trinajstić information content (AvgIpc) is 3.12. The highest BCUT2D eigenvalue weighted by Gasteiger charge is 2.05. The molecule has 0 saturated carbocycles. The summed E-state index contributed by atoms with van der Waals surface area (Å²) in [4.78, 5) is 9.81. The van der Waals surface area contributed by atoms with Crippen LogP contribution in [0.5, 0.6) is 5.75 Å². The van der Waals surface area contributed by atoms with E-state index in [0.29, 0.717) is 13.2 Å². The summed E-state index contributed by atoms with van der Waals surface area (Å²) in [5.41, 5.74) is 4.94. The van der Waals surface area contributed by atoms with Crippen molar-refractivity contribution in [1.82, 2.24) is 20.5 Å². The van der Waals surface area contributed by atoms with E-state index in [4.69, 9.17) is 4.74 Å². The predicted molar refractivity (Wildman–Crippen MR) is 141 cm³/mol. The Morgan fingerprint density at radius 3 is 2.74 bits per heavy atom. The van der Waals surface area contributed by atoms with E-state index in [9.17, 15) is 0 Å². The number of fused-ring (bicyclic) bond motifs is 1. The van der Waals surface area contributed by atoms with Crippen molar-refractivity contribution in [3.05, 3.63) is 65.4 Å². The van der Waals surface area contributed by atoms with Gasteiger partial charge in [-0.2, -0.15) is 0 Å². The molecular weight excluding hydrogens is 501 g/mol. The molecule has 1 aromatic heterocycles. The van der Waals surface area contributed by atoms with Gasteiger partial charge < -0.3 is 25.3 Å². The van der Waals surface area contributed by atoms with Crippen LogP contribution < -0.4 is 15.4 Å². The lowest BCUT2D eigenvalue weighted by Gasteiger charge is -2.14. The lowest BCUT2D eigenvalue weighted by molar-refractivity contribution is 0.261. The zero-order valence-electron chi connectivity index (χ0n) is 18.9.